The van der Waals surface area contributed by atoms with E-state index in [2.05, 4.69) is 46.3 Å². The third-order valence-corrected chi connectivity index (χ3v) is 4.27. The van der Waals surface area contributed by atoms with E-state index < -0.39 is 0 Å². The van der Waals surface area contributed by atoms with Crippen molar-refractivity contribution in [2.45, 2.75) is 32.5 Å². The van der Waals surface area contributed by atoms with E-state index in [4.69, 9.17) is 9.15 Å². The monoisotopic (exact) mass is 321 g/mol. The number of hydrogen-bond donors (Lipinski definition) is 0. The maximum atomic E-state index is 5.74. The Balaban J connectivity index is 1.42. The van der Waals surface area contributed by atoms with Crippen molar-refractivity contribution in [3.8, 4) is 5.75 Å². The van der Waals surface area contributed by atoms with Gasteiger partial charge in [-0.2, -0.15) is 0 Å². The highest BCUT2D eigenvalue weighted by atomic mass is 16.5. The summed E-state index contributed by atoms with van der Waals surface area (Å²) in [6.07, 6.45) is 1.05. The van der Waals surface area contributed by atoms with Crippen LogP contribution in [0.15, 0.2) is 59.0 Å². The van der Waals surface area contributed by atoms with Gasteiger partial charge in [0.15, 0.2) is 6.61 Å². The summed E-state index contributed by atoms with van der Waals surface area (Å²) in [7, 11) is 0. The van der Waals surface area contributed by atoms with E-state index in [0.29, 0.717) is 24.4 Å². The summed E-state index contributed by atoms with van der Waals surface area (Å²) in [5, 5.41) is 8.25. The second-order valence-electron chi connectivity index (χ2n) is 6.00. The van der Waals surface area contributed by atoms with E-state index >= 15 is 0 Å². The molecule has 0 fully saturated rings. The fourth-order valence-electron chi connectivity index (χ4n) is 3.09. The van der Waals surface area contributed by atoms with Gasteiger partial charge in [-0.25, -0.2) is 0 Å². The molecule has 0 aliphatic carbocycles. The number of rotatable bonds is 5. The van der Waals surface area contributed by atoms with Crippen LogP contribution in [0.5, 0.6) is 5.75 Å². The van der Waals surface area contributed by atoms with E-state index in [9.17, 15) is 0 Å². The van der Waals surface area contributed by atoms with E-state index in [-0.39, 0.29) is 6.61 Å². The summed E-state index contributed by atoms with van der Waals surface area (Å²) in [6.45, 7) is 3.12. The number of hydrogen-bond acceptors (Lipinski definition) is 5. The molecule has 0 N–H and O–H groups in total. The molecule has 0 saturated heterocycles. The van der Waals surface area contributed by atoms with Gasteiger partial charge in [-0.1, -0.05) is 36.4 Å². The molecular formula is C19H19N3O2. The second-order valence-corrected chi connectivity index (χ2v) is 6.00. The Morgan fingerprint density at radius 3 is 2.67 bits per heavy atom. The molecule has 24 heavy (non-hydrogen) atoms. The Hall–Kier alpha value is -2.82. The van der Waals surface area contributed by atoms with Gasteiger partial charge >= 0.3 is 0 Å². The number of anilines is 1. The highest BCUT2D eigenvalue weighted by Gasteiger charge is 2.26. The van der Waals surface area contributed by atoms with Gasteiger partial charge < -0.3 is 14.1 Å². The maximum absolute atomic E-state index is 5.74. The first-order valence-electron chi connectivity index (χ1n) is 8.13. The van der Waals surface area contributed by atoms with Crippen LogP contribution in [0.4, 0.5) is 5.69 Å². The number of ether oxygens (including phenoxy) is 1. The van der Waals surface area contributed by atoms with Gasteiger partial charge in [0.25, 0.3) is 5.89 Å². The first-order chi connectivity index (χ1) is 11.8. The molecule has 0 radical (unpaired) electrons. The molecule has 122 valence electrons. The van der Waals surface area contributed by atoms with E-state index in [1.54, 1.807) is 0 Å². The fraction of sp³-hybridized carbons (Fsp3) is 0.263. The van der Waals surface area contributed by atoms with Crippen LogP contribution >= 0.6 is 0 Å². The first-order valence-corrected chi connectivity index (χ1v) is 8.13. The second kappa shape index (κ2) is 6.35. The Morgan fingerprint density at radius 1 is 1.04 bits per heavy atom. The van der Waals surface area contributed by atoms with Crippen molar-refractivity contribution in [3.63, 3.8) is 0 Å². The largest absolute Gasteiger partial charge is 0.484 e. The van der Waals surface area contributed by atoms with Crippen LogP contribution in [0.3, 0.4) is 0 Å². The van der Waals surface area contributed by atoms with Crippen LogP contribution in [0, 0.1) is 0 Å². The summed E-state index contributed by atoms with van der Waals surface area (Å²) in [6, 6.07) is 18.5. The van der Waals surface area contributed by atoms with Crippen molar-refractivity contribution < 1.29 is 9.15 Å². The van der Waals surface area contributed by atoms with Crippen LogP contribution in [0.1, 0.15) is 24.3 Å². The van der Waals surface area contributed by atoms with Crippen LogP contribution in [0.2, 0.25) is 0 Å². The molecule has 5 heteroatoms. The van der Waals surface area contributed by atoms with Gasteiger partial charge in [0.1, 0.15) is 5.75 Å². The lowest BCUT2D eigenvalue weighted by atomic mass is 10.1. The Bertz CT molecular complexity index is 816. The lowest BCUT2D eigenvalue weighted by Gasteiger charge is -2.22. The average molecular weight is 321 g/mol. The zero-order valence-electron chi connectivity index (χ0n) is 13.6. The Morgan fingerprint density at radius 2 is 1.79 bits per heavy atom. The third-order valence-electron chi connectivity index (χ3n) is 4.27. The van der Waals surface area contributed by atoms with Crippen LogP contribution in [-0.2, 0) is 19.6 Å². The molecule has 3 aromatic rings. The van der Waals surface area contributed by atoms with Gasteiger partial charge in [0.2, 0.25) is 5.89 Å². The first kappa shape index (κ1) is 14.8. The lowest BCUT2D eigenvalue weighted by molar-refractivity contribution is 0.258. The van der Waals surface area contributed by atoms with E-state index in [0.717, 1.165) is 12.2 Å². The standard InChI is InChI=1S/C19H19N3O2/c1-14-11-15-7-5-6-10-17(15)22(14)12-18-20-21-19(24-18)13-23-16-8-3-2-4-9-16/h2-10,14H,11-13H2,1H3. The van der Waals surface area contributed by atoms with Gasteiger partial charge in [-0.3, -0.25) is 0 Å². The molecule has 0 bridgehead atoms. The van der Waals surface area contributed by atoms with E-state index in [1.165, 1.54) is 11.3 Å². The molecule has 5 nitrogen and oxygen atoms in total. The van der Waals surface area contributed by atoms with Crippen LogP contribution in [0.25, 0.3) is 0 Å². The maximum Gasteiger partial charge on any atom is 0.253 e. The van der Waals surface area contributed by atoms with Gasteiger partial charge in [-0.05, 0) is 37.1 Å². The highest BCUT2D eigenvalue weighted by molar-refractivity contribution is 5.59. The minimum absolute atomic E-state index is 0.281. The quantitative estimate of drug-likeness (QED) is 0.718. The molecule has 2 heterocycles. The van der Waals surface area contributed by atoms with Crippen molar-refractivity contribution in [2.24, 2.45) is 0 Å². The van der Waals surface area contributed by atoms with Crippen molar-refractivity contribution in [1.82, 2.24) is 10.2 Å². The minimum atomic E-state index is 0.281. The van der Waals surface area contributed by atoms with Crippen LogP contribution < -0.4 is 9.64 Å². The zero-order valence-corrected chi connectivity index (χ0v) is 13.6. The summed E-state index contributed by atoms with van der Waals surface area (Å²) < 4.78 is 11.4. The number of benzene rings is 2. The van der Waals surface area contributed by atoms with Crippen molar-refractivity contribution >= 4 is 5.69 Å². The summed E-state index contributed by atoms with van der Waals surface area (Å²) in [5.74, 6) is 1.90. The summed E-state index contributed by atoms with van der Waals surface area (Å²) in [4.78, 5) is 2.31. The van der Waals surface area contributed by atoms with Crippen molar-refractivity contribution in [2.75, 3.05) is 4.90 Å². The Labute approximate surface area is 140 Å². The number of para-hydroxylation sites is 2. The fourth-order valence-corrected chi connectivity index (χ4v) is 3.09. The molecule has 1 aromatic heterocycles. The van der Waals surface area contributed by atoms with Gasteiger partial charge in [-0.15, -0.1) is 10.2 Å². The molecular weight excluding hydrogens is 302 g/mol. The van der Waals surface area contributed by atoms with Crippen LogP contribution in [-0.4, -0.2) is 16.2 Å². The Kier molecular flexibility index (Phi) is 3.91. The topological polar surface area (TPSA) is 51.4 Å². The molecule has 1 atom stereocenters. The predicted octanol–water partition coefficient (Wildman–Crippen LogP) is 3.60. The molecule has 2 aromatic carbocycles. The van der Waals surface area contributed by atoms with Gasteiger partial charge in [0.05, 0.1) is 6.54 Å². The molecule has 1 aliphatic rings. The molecule has 1 unspecified atom stereocenters. The molecule has 0 saturated carbocycles. The van der Waals surface area contributed by atoms with Gasteiger partial charge in [0, 0.05) is 11.7 Å². The number of nitrogens with zero attached hydrogens (tertiary/aromatic N) is 3. The smallest absolute Gasteiger partial charge is 0.253 e. The zero-order chi connectivity index (χ0) is 16.4. The SMILES string of the molecule is CC1Cc2ccccc2N1Cc1nnc(COc2ccccc2)o1. The summed E-state index contributed by atoms with van der Waals surface area (Å²) in [5.41, 5.74) is 2.63. The minimum Gasteiger partial charge on any atom is -0.484 e. The van der Waals surface area contributed by atoms with E-state index in [1.807, 2.05) is 30.3 Å². The van der Waals surface area contributed by atoms with Crippen molar-refractivity contribution in [3.05, 3.63) is 71.9 Å². The normalized spacial score (nSPS) is 16.2. The molecule has 1 aliphatic heterocycles. The summed E-state index contributed by atoms with van der Waals surface area (Å²) >= 11 is 0. The number of aromatic nitrogens is 2. The molecule has 0 amide bonds. The number of fused-ring (bicyclic) bond motifs is 1. The third kappa shape index (κ3) is 2.97. The average Bonchev–Trinajstić information content (AvgIpc) is 3.19. The molecule has 0 spiro atoms. The molecule has 4 rings (SSSR count). The highest BCUT2D eigenvalue weighted by Crippen LogP contribution is 2.32. The lowest BCUT2D eigenvalue weighted by Crippen LogP contribution is -2.28. The van der Waals surface area contributed by atoms with Crippen molar-refractivity contribution in [1.29, 1.82) is 0 Å². The predicted molar refractivity (Wildman–Crippen MR) is 90.9 cm³/mol.